The number of halogens is 3. The van der Waals surface area contributed by atoms with Gasteiger partial charge >= 0.3 is 0 Å². The van der Waals surface area contributed by atoms with Crippen LogP contribution in [0, 0.1) is 19.7 Å². The van der Waals surface area contributed by atoms with E-state index in [9.17, 15) is 4.39 Å². The normalized spacial score (nSPS) is 10.6. The molecule has 4 heteroatoms. The third-order valence-electron chi connectivity index (χ3n) is 2.97. The molecule has 0 aliphatic heterocycles. The van der Waals surface area contributed by atoms with Gasteiger partial charge in [0.25, 0.3) is 0 Å². The summed E-state index contributed by atoms with van der Waals surface area (Å²) in [6.07, 6.45) is 0. The first kappa shape index (κ1) is 14.4. The van der Waals surface area contributed by atoms with E-state index < -0.39 is 0 Å². The maximum Gasteiger partial charge on any atom is 0.126 e. The molecule has 0 saturated carbocycles. The second kappa shape index (κ2) is 5.93. The Balaban J connectivity index is 2.14. The summed E-state index contributed by atoms with van der Waals surface area (Å²) in [6.45, 7) is 4.25. The molecular formula is C15H14BrClFN. The molecule has 0 heterocycles. The van der Waals surface area contributed by atoms with Gasteiger partial charge < -0.3 is 5.32 Å². The largest absolute Gasteiger partial charge is 0.380 e. The average Bonchev–Trinajstić information content (AvgIpc) is 2.36. The van der Waals surface area contributed by atoms with Crippen LogP contribution in [-0.2, 0) is 6.54 Å². The smallest absolute Gasteiger partial charge is 0.126 e. The monoisotopic (exact) mass is 341 g/mol. The van der Waals surface area contributed by atoms with Gasteiger partial charge in [0.2, 0.25) is 0 Å². The third-order valence-corrected chi connectivity index (χ3v) is 4.03. The van der Waals surface area contributed by atoms with Gasteiger partial charge in [-0.3, -0.25) is 0 Å². The zero-order chi connectivity index (χ0) is 14.0. The molecule has 19 heavy (non-hydrogen) atoms. The summed E-state index contributed by atoms with van der Waals surface area (Å²) in [4.78, 5) is 0. The Morgan fingerprint density at radius 1 is 1.16 bits per heavy atom. The molecule has 2 aromatic carbocycles. The SMILES string of the molecule is Cc1ccc(CNc2cc(Cl)c(C)cc2Br)cc1F. The number of aryl methyl sites for hydroxylation is 2. The van der Waals surface area contributed by atoms with Crippen LogP contribution < -0.4 is 5.32 Å². The minimum atomic E-state index is -0.180. The number of nitrogens with one attached hydrogen (secondary N) is 1. The van der Waals surface area contributed by atoms with Crippen LogP contribution in [0.5, 0.6) is 0 Å². The first-order valence-corrected chi connectivity index (χ1v) is 7.09. The van der Waals surface area contributed by atoms with Crippen molar-refractivity contribution >= 4 is 33.2 Å². The van der Waals surface area contributed by atoms with E-state index in [4.69, 9.17) is 11.6 Å². The van der Waals surface area contributed by atoms with Gasteiger partial charge in [-0.05, 0) is 64.7 Å². The van der Waals surface area contributed by atoms with Gasteiger partial charge in [0.05, 0.1) is 5.69 Å². The molecule has 0 fully saturated rings. The van der Waals surface area contributed by atoms with Crippen molar-refractivity contribution in [2.75, 3.05) is 5.32 Å². The highest BCUT2D eigenvalue weighted by molar-refractivity contribution is 9.10. The van der Waals surface area contributed by atoms with Crippen LogP contribution in [0.3, 0.4) is 0 Å². The molecule has 0 aliphatic carbocycles. The summed E-state index contributed by atoms with van der Waals surface area (Å²) < 4.78 is 14.4. The Morgan fingerprint density at radius 2 is 1.89 bits per heavy atom. The minimum Gasteiger partial charge on any atom is -0.380 e. The maximum absolute atomic E-state index is 13.4. The molecule has 100 valence electrons. The number of hydrogen-bond donors (Lipinski definition) is 1. The average molecular weight is 343 g/mol. The fourth-order valence-corrected chi connectivity index (χ4v) is 2.49. The van der Waals surface area contributed by atoms with Crippen molar-refractivity contribution in [1.82, 2.24) is 0 Å². The summed E-state index contributed by atoms with van der Waals surface area (Å²) in [5, 5.41) is 3.96. The van der Waals surface area contributed by atoms with Crippen molar-refractivity contribution in [2.24, 2.45) is 0 Å². The lowest BCUT2D eigenvalue weighted by Crippen LogP contribution is -2.01. The molecule has 1 N–H and O–H groups in total. The summed E-state index contributed by atoms with van der Waals surface area (Å²) in [7, 11) is 0. The highest BCUT2D eigenvalue weighted by Crippen LogP contribution is 2.29. The van der Waals surface area contributed by atoms with Gasteiger partial charge in [-0.15, -0.1) is 0 Å². The Morgan fingerprint density at radius 3 is 2.58 bits per heavy atom. The third kappa shape index (κ3) is 3.48. The van der Waals surface area contributed by atoms with Crippen molar-refractivity contribution < 1.29 is 4.39 Å². The van der Waals surface area contributed by atoms with E-state index in [0.29, 0.717) is 17.1 Å². The van der Waals surface area contributed by atoms with Gasteiger partial charge in [0, 0.05) is 16.0 Å². The van der Waals surface area contributed by atoms with Gasteiger partial charge in [-0.25, -0.2) is 4.39 Å². The fourth-order valence-electron chi connectivity index (χ4n) is 1.73. The summed E-state index contributed by atoms with van der Waals surface area (Å²) in [6, 6.07) is 9.07. The first-order valence-electron chi connectivity index (χ1n) is 5.92. The summed E-state index contributed by atoms with van der Waals surface area (Å²) in [5.41, 5.74) is 3.46. The zero-order valence-electron chi connectivity index (χ0n) is 10.7. The van der Waals surface area contributed by atoms with Crippen LogP contribution in [0.2, 0.25) is 5.02 Å². The Labute approximate surface area is 125 Å². The molecule has 0 unspecified atom stereocenters. The molecule has 0 saturated heterocycles. The Bertz CT molecular complexity index is 613. The van der Waals surface area contributed by atoms with Gasteiger partial charge in [-0.2, -0.15) is 0 Å². The molecule has 0 atom stereocenters. The van der Waals surface area contributed by atoms with E-state index in [0.717, 1.165) is 21.3 Å². The van der Waals surface area contributed by atoms with Gasteiger partial charge in [0.1, 0.15) is 5.82 Å². The lowest BCUT2D eigenvalue weighted by molar-refractivity contribution is 0.616. The molecule has 0 amide bonds. The van der Waals surface area contributed by atoms with Gasteiger partial charge in [-0.1, -0.05) is 23.7 Å². The van der Waals surface area contributed by atoms with E-state index in [1.807, 2.05) is 25.1 Å². The van der Waals surface area contributed by atoms with Crippen LogP contribution in [0.25, 0.3) is 0 Å². The number of anilines is 1. The van der Waals surface area contributed by atoms with E-state index in [-0.39, 0.29) is 5.82 Å². The molecule has 1 nitrogen and oxygen atoms in total. The second-order valence-electron chi connectivity index (χ2n) is 4.52. The maximum atomic E-state index is 13.4. The number of benzene rings is 2. The molecule has 0 bridgehead atoms. The molecular weight excluding hydrogens is 329 g/mol. The molecule has 2 rings (SSSR count). The van der Waals surface area contributed by atoms with Crippen molar-refractivity contribution in [1.29, 1.82) is 0 Å². The predicted molar refractivity (Wildman–Crippen MR) is 82.4 cm³/mol. The minimum absolute atomic E-state index is 0.180. The van der Waals surface area contributed by atoms with E-state index in [2.05, 4.69) is 21.2 Å². The van der Waals surface area contributed by atoms with Crippen molar-refractivity contribution in [3.63, 3.8) is 0 Å². The Kier molecular flexibility index (Phi) is 4.48. The first-order chi connectivity index (χ1) is 8.97. The predicted octanol–water partition coefficient (Wildman–Crippen LogP) is 5.47. The van der Waals surface area contributed by atoms with Crippen molar-refractivity contribution in [3.05, 3.63) is 62.3 Å². The molecule has 0 spiro atoms. The van der Waals surface area contributed by atoms with E-state index in [1.165, 1.54) is 0 Å². The quantitative estimate of drug-likeness (QED) is 0.780. The van der Waals surface area contributed by atoms with Gasteiger partial charge in [0.15, 0.2) is 0 Å². The molecule has 0 aromatic heterocycles. The zero-order valence-corrected chi connectivity index (χ0v) is 13.1. The fraction of sp³-hybridized carbons (Fsp3) is 0.200. The summed E-state index contributed by atoms with van der Waals surface area (Å²) in [5.74, 6) is -0.180. The second-order valence-corrected chi connectivity index (χ2v) is 5.78. The molecule has 0 radical (unpaired) electrons. The number of hydrogen-bond acceptors (Lipinski definition) is 1. The van der Waals surface area contributed by atoms with Crippen LogP contribution in [0.15, 0.2) is 34.8 Å². The highest BCUT2D eigenvalue weighted by Gasteiger charge is 2.05. The number of rotatable bonds is 3. The summed E-state index contributed by atoms with van der Waals surface area (Å²) >= 11 is 9.58. The topological polar surface area (TPSA) is 12.0 Å². The highest BCUT2D eigenvalue weighted by atomic mass is 79.9. The lowest BCUT2D eigenvalue weighted by Gasteiger charge is -2.11. The van der Waals surface area contributed by atoms with Crippen LogP contribution in [0.4, 0.5) is 10.1 Å². The Hall–Kier alpha value is -1.06. The van der Waals surface area contributed by atoms with Crippen LogP contribution >= 0.6 is 27.5 Å². The van der Waals surface area contributed by atoms with Crippen LogP contribution in [0.1, 0.15) is 16.7 Å². The van der Waals surface area contributed by atoms with Crippen LogP contribution in [-0.4, -0.2) is 0 Å². The van der Waals surface area contributed by atoms with E-state index in [1.54, 1.807) is 19.1 Å². The van der Waals surface area contributed by atoms with Crippen molar-refractivity contribution in [3.8, 4) is 0 Å². The lowest BCUT2D eigenvalue weighted by atomic mass is 10.1. The standard InChI is InChI=1S/C15H14BrClFN/c1-9-3-4-11(6-14(9)18)8-19-15-7-13(17)10(2)5-12(15)16/h3-7,19H,8H2,1-2H3. The van der Waals surface area contributed by atoms with Crippen molar-refractivity contribution in [2.45, 2.75) is 20.4 Å². The molecule has 2 aromatic rings. The molecule has 0 aliphatic rings. The van der Waals surface area contributed by atoms with E-state index >= 15 is 0 Å².